The number of phenolic OH excluding ortho intramolecular Hbond substituents is 1. The minimum Gasteiger partial charge on any atom is -0.508 e. The molecule has 0 aliphatic carbocycles. The van der Waals surface area contributed by atoms with Crippen molar-refractivity contribution in [2.24, 2.45) is 0 Å². The Morgan fingerprint density at radius 2 is 2.08 bits per heavy atom. The van der Waals surface area contributed by atoms with Crippen molar-refractivity contribution in [2.75, 3.05) is 13.1 Å². The third kappa shape index (κ3) is 2.12. The number of aromatic hydroxyl groups is 1. The molecule has 0 saturated carbocycles. The minimum absolute atomic E-state index is 0.275. The number of nitrogens with one attached hydrogen (secondary N) is 1. The molecule has 3 nitrogen and oxygen atoms in total. The second kappa shape index (κ2) is 3.66. The van der Waals surface area contributed by atoms with Gasteiger partial charge in [-0.05, 0) is 37.2 Å². The van der Waals surface area contributed by atoms with Gasteiger partial charge in [-0.1, -0.05) is 0 Å². The van der Waals surface area contributed by atoms with E-state index in [4.69, 9.17) is 9.84 Å². The van der Waals surface area contributed by atoms with Gasteiger partial charge in [0.2, 0.25) is 0 Å². The summed E-state index contributed by atoms with van der Waals surface area (Å²) in [5.41, 5.74) is 0. The molecule has 0 bridgehead atoms. The predicted molar refractivity (Wildman–Crippen MR) is 50.0 cm³/mol. The quantitative estimate of drug-likeness (QED) is 0.715. The molecule has 0 aromatic heterocycles. The van der Waals surface area contributed by atoms with Gasteiger partial charge in [0.1, 0.15) is 17.6 Å². The van der Waals surface area contributed by atoms with Gasteiger partial charge in [-0.15, -0.1) is 0 Å². The summed E-state index contributed by atoms with van der Waals surface area (Å²) < 4.78 is 5.66. The Balaban J connectivity index is 1.97. The van der Waals surface area contributed by atoms with Crippen LogP contribution in [0, 0.1) is 0 Å². The van der Waals surface area contributed by atoms with E-state index in [0.717, 1.165) is 25.3 Å². The number of phenols is 1. The second-order valence-electron chi connectivity index (χ2n) is 3.23. The molecule has 3 heteroatoms. The smallest absolute Gasteiger partial charge is 0.120 e. The minimum atomic E-state index is 0.275. The van der Waals surface area contributed by atoms with Crippen molar-refractivity contribution in [3.05, 3.63) is 24.3 Å². The van der Waals surface area contributed by atoms with Crippen LogP contribution in [0.15, 0.2) is 24.3 Å². The van der Waals surface area contributed by atoms with Gasteiger partial charge in [0, 0.05) is 6.54 Å². The first-order valence-corrected chi connectivity index (χ1v) is 4.51. The van der Waals surface area contributed by atoms with E-state index in [1.165, 1.54) is 0 Å². The zero-order valence-electron chi connectivity index (χ0n) is 7.36. The summed E-state index contributed by atoms with van der Waals surface area (Å²) in [7, 11) is 0. The van der Waals surface area contributed by atoms with Gasteiger partial charge in [-0.2, -0.15) is 0 Å². The van der Waals surface area contributed by atoms with E-state index in [9.17, 15) is 0 Å². The normalized spacial score (nSPS) is 21.7. The van der Waals surface area contributed by atoms with Crippen molar-refractivity contribution >= 4 is 0 Å². The van der Waals surface area contributed by atoms with E-state index in [-0.39, 0.29) is 11.9 Å². The number of rotatable bonds is 2. The molecule has 1 saturated heterocycles. The molecule has 1 aromatic carbocycles. The lowest BCUT2D eigenvalue weighted by molar-refractivity contribution is 0.223. The zero-order valence-corrected chi connectivity index (χ0v) is 7.36. The van der Waals surface area contributed by atoms with Gasteiger partial charge in [0.05, 0.1) is 0 Å². The van der Waals surface area contributed by atoms with Gasteiger partial charge >= 0.3 is 0 Å². The molecule has 2 rings (SSSR count). The third-order valence-electron chi connectivity index (χ3n) is 2.15. The molecule has 1 atom stereocenters. The molecule has 1 fully saturated rings. The molecule has 0 spiro atoms. The Morgan fingerprint density at radius 3 is 2.69 bits per heavy atom. The van der Waals surface area contributed by atoms with Crippen LogP contribution in [0.25, 0.3) is 0 Å². The number of hydrogen-bond donors (Lipinski definition) is 2. The van der Waals surface area contributed by atoms with Crippen LogP contribution in [0.1, 0.15) is 6.42 Å². The number of ether oxygens (including phenoxy) is 1. The van der Waals surface area contributed by atoms with E-state index in [1.807, 2.05) is 0 Å². The molecule has 1 aliphatic heterocycles. The van der Waals surface area contributed by atoms with Crippen LogP contribution < -0.4 is 10.1 Å². The largest absolute Gasteiger partial charge is 0.508 e. The van der Waals surface area contributed by atoms with E-state index < -0.39 is 0 Å². The van der Waals surface area contributed by atoms with Crippen molar-refractivity contribution in [1.29, 1.82) is 0 Å². The third-order valence-corrected chi connectivity index (χ3v) is 2.15. The van der Waals surface area contributed by atoms with Gasteiger partial charge in [0.15, 0.2) is 0 Å². The SMILES string of the molecule is Oc1ccc(OC2CCNC2)cc1. The molecule has 1 heterocycles. The molecule has 1 unspecified atom stereocenters. The molecule has 13 heavy (non-hydrogen) atoms. The summed E-state index contributed by atoms with van der Waals surface area (Å²) in [4.78, 5) is 0. The van der Waals surface area contributed by atoms with Crippen LogP contribution in [0.4, 0.5) is 0 Å². The van der Waals surface area contributed by atoms with Gasteiger partial charge in [-0.25, -0.2) is 0 Å². The summed E-state index contributed by atoms with van der Waals surface area (Å²) in [6, 6.07) is 6.84. The van der Waals surface area contributed by atoms with Crippen LogP contribution in [0.3, 0.4) is 0 Å². The molecule has 0 amide bonds. The summed E-state index contributed by atoms with van der Waals surface area (Å²) in [6.45, 7) is 1.95. The van der Waals surface area contributed by atoms with Gasteiger partial charge in [-0.3, -0.25) is 0 Å². The Hall–Kier alpha value is -1.22. The van der Waals surface area contributed by atoms with E-state index in [0.29, 0.717) is 0 Å². The van der Waals surface area contributed by atoms with Crippen molar-refractivity contribution < 1.29 is 9.84 Å². The van der Waals surface area contributed by atoms with Crippen LogP contribution in [-0.4, -0.2) is 24.3 Å². The summed E-state index contributed by atoms with van der Waals surface area (Å²) in [5.74, 6) is 1.10. The lowest BCUT2D eigenvalue weighted by atomic mass is 10.3. The lowest BCUT2D eigenvalue weighted by Gasteiger charge is -2.11. The number of hydrogen-bond acceptors (Lipinski definition) is 3. The lowest BCUT2D eigenvalue weighted by Crippen LogP contribution is -2.19. The summed E-state index contributed by atoms with van der Waals surface area (Å²) >= 11 is 0. The first-order chi connectivity index (χ1) is 6.34. The second-order valence-corrected chi connectivity index (χ2v) is 3.23. The average molecular weight is 179 g/mol. The highest BCUT2D eigenvalue weighted by Gasteiger charge is 2.15. The maximum absolute atomic E-state index is 9.05. The fraction of sp³-hybridized carbons (Fsp3) is 0.400. The first kappa shape index (κ1) is 8.38. The van der Waals surface area contributed by atoms with Crippen molar-refractivity contribution in [1.82, 2.24) is 5.32 Å². The zero-order chi connectivity index (χ0) is 9.10. The Kier molecular flexibility index (Phi) is 2.36. The van der Waals surface area contributed by atoms with E-state index >= 15 is 0 Å². The molecular formula is C10H13NO2. The van der Waals surface area contributed by atoms with Crippen molar-refractivity contribution in [2.45, 2.75) is 12.5 Å². The van der Waals surface area contributed by atoms with Gasteiger partial charge in [0.25, 0.3) is 0 Å². The fourth-order valence-electron chi connectivity index (χ4n) is 1.45. The highest BCUT2D eigenvalue weighted by molar-refractivity contribution is 5.30. The Labute approximate surface area is 77.3 Å². The van der Waals surface area contributed by atoms with Crippen molar-refractivity contribution in [3.63, 3.8) is 0 Å². The van der Waals surface area contributed by atoms with E-state index in [2.05, 4.69) is 5.32 Å². The number of benzene rings is 1. The van der Waals surface area contributed by atoms with Gasteiger partial charge < -0.3 is 15.2 Å². The molecular weight excluding hydrogens is 166 g/mol. The Bertz CT molecular complexity index is 265. The fourth-order valence-corrected chi connectivity index (χ4v) is 1.45. The highest BCUT2D eigenvalue weighted by atomic mass is 16.5. The summed E-state index contributed by atoms with van der Waals surface area (Å²) in [5, 5.41) is 12.3. The van der Waals surface area contributed by atoms with Crippen LogP contribution in [-0.2, 0) is 0 Å². The van der Waals surface area contributed by atoms with Crippen LogP contribution >= 0.6 is 0 Å². The monoisotopic (exact) mass is 179 g/mol. The highest BCUT2D eigenvalue weighted by Crippen LogP contribution is 2.18. The Morgan fingerprint density at radius 1 is 1.31 bits per heavy atom. The first-order valence-electron chi connectivity index (χ1n) is 4.51. The average Bonchev–Trinajstić information content (AvgIpc) is 2.62. The molecule has 70 valence electrons. The predicted octanol–water partition coefficient (Wildman–Crippen LogP) is 1.13. The molecule has 2 N–H and O–H groups in total. The summed E-state index contributed by atoms with van der Waals surface area (Å²) in [6.07, 6.45) is 1.34. The van der Waals surface area contributed by atoms with Crippen LogP contribution in [0.5, 0.6) is 11.5 Å². The molecule has 1 aromatic rings. The van der Waals surface area contributed by atoms with E-state index in [1.54, 1.807) is 24.3 Å². The standard InChI is InChI=1S/C10H13NO2/c12-8-1-3-9(4-2-8)13-10-5-6-11-7-10/h1-4,10-12H,5-7H2. The molecule has 1 aliphatic rings. The van der Waals surface area contributed by atoms with Crippen molar-refractivity contribution in [3.8, 4) is 11.5 Å². The topological polar surface area (TPSA) is 41.5 Å². The van der Waals surface area contributed by atoms with Crippen LogP contribution in [0.2, 0.25) is 0 Å². The maximum Gasteiger partial charge on any atom is 0.120 e. The maximum atomic E-state index is 9.05. The molecule has 0 radical (unpaired) electrons.